The molecule has 2 nitrogen and oxygen atoms in total. The molecule has 0 radical (unpaired) electrons. The van der Waals surface area contributed by atoms with Gasteiger partial charge < -0.3 is 9.47 Å². The second kappa shape index (κ2) is 7.86. The van der Waals surface area contributed by atoms with Crippen LogP contribution in [0.15, 0.2) is 12.2 Å². The van der Waals surface area contributed by atoms with Crippen LogP contribution < -0.4 is 0 Å². The first-order valence-electron chi connectivity index (χ1n) is 6.64. The molecule has 0 bridgehead atoms. The van der Waals surface area contributed by atoms with E-state index in [0.717, 1.165) is 38.2 Å². The maximum Gasteiger partial charge on any atom is 0.157 e. The van der Waals surface area contributed by atoms with E-state index in [4.69, 9.17) is 9.47 Å². The Labute approximate surface area is 100 Å². The van der Waals surface area contributed by atoms with Crippen molar-refractivity contribution >= 4 is 0 Å². The smallest absolute Gasteiger partial charge is 0.157 e. The minimum absolute atomic E-state index is 0.0381. The Morgan fingerprint density at radius 2 is 2.12 bits per heavy atom. The van der Waals surface area contributed by atoms with Crippen molar-refractivity contribution in [2.75, 3.05) is 6.61 Å². The predicted molar refractivity (Wildman–Crippen MR) is 67.4 cm³/mol. The van der Waals surface area contributed by atoms with Gasteiger partial charge in [0.15, 0.2) is 6.29 Å². The van der Waals surface area contributed by atoms with Crippen molar-refractivity contribution in [2.24, 2.45) is 5.92 Å². The average Bonchev–Trinajstić information content (AvgIpc) is 2.27. The molecule has 2 heteroatoms. The first kappa shape index (κ1) is 13.7. The zero-order chi connectivity index (χ0) is 11.8. The van der Waals surface area contributed by atoms with Crippen LogP contribution in [-0.4, -0.2) is 19.0 Å². The number of allylic oxidation sites excluding steroid dienone is 1. The zero-order valence-electron chi connectivity index (χ0n) is 10.9. The van der Waals surface area contributed by atoms with Crippen molar-refractivity contribution in [3.8, 4) is 0 Å². The fourth-order valence-corrected chi connectivity index (χ4v) is 1.86. The van der Waals surface area contributed by atoms with Gasteiger partial charge in [-0.2, -0.15) is 0 Å². The molecule has 0 amide bonds. The van der Waals surface area contributed by atoms with Gasteiger partial charge in [0, 0.05) is 0 Å². The Balaban J connectivity index is 2.21. The van der Waals surface area contributed by atoms with Crippen molar-refractivity contribution in [3.05, 3.63) is 12.2 Å². The largest absolute Gasteiger partial charge is 0.353 e. The van der Waals surface area contributed by atoms with Crippen LogP contribution in [-0.2, 0) is 9.47 Å². The molecule has 2 atom stereocenters. The Morgan fingerprint density at radius 1 is 1.31 bits per heavy atom. The molecular formula is C14H26O2. The zero-order valence-corrected chi connectivity index (χ0v) is 10.9. The Morgan fingerprint density at radius 3 is 2.81 bits per heavy atom. The summed E-state index contributed by atoms with van der Waals surface area (Å²) in [6.45, 7) is 7.49. The van der Waals surface area contributed by atoms with Crippen LogP contribution in [0.5, 0.6) is 0 Å². The second-order valence-corrected chi connectivity index (χ2v) is 4.93. The van der Waals surface area contributed by atoms with E-state index in [-0.39, 0.29) is 6.29 Å². The van der Waals surface area contributed by atoms with Crippen molar-refractivity contribution in [1.29, 1.82) is 0 Å². The molecule has 1 aliphatic rings. The number of hydrogen-bond donors (Lipinski definition) is 0. The van der Waals surface area contributed by atoms with Gasteiger partial charge in [-0.3, -0.25) is 0 Å². The third-order valence-corrected chi connectivity index (χ3v) is 2.87. The summed E-state index contributed by atoms with van der Waals surface area (Å²) in [5.41, 5.74) is 0. The highest BCUT2D eigenvalue weighted by Crippen LogP contribution is 2.20. The lowest BCUT2D eigenvalue weighted by molar-refractivity contribution is -0.214. The Kier molecular flexibility index (Phi) is 6.74. The van der Waals surface area contributed by atoms with E-state index >= 15 is 0 Å². The second-order valence-electron chi connectivity index (χ2n) is 4.93. The molecule has 0 aromatic heterocycles. The summed E-state index contributed by atoms with van der Waals surface area (Å²) in [6.07, 6.45) is 10.2. The average molecular weight is 226 g/mol. The lowest BCUT2D eigenvalue weighted by atomic mass is 10.1. The summed E-state index contributed by atoms with van der Waals surface area (Å²) < 4.78 is 11.5. The molecule has 0 unspecified atom stereocenters. The van der Waals surface area contributed by atoms with E-state index in [1.807, 2.05) is 0 Å². The monoisotopic (exact) mass is 226 g/mol. The van der Waals surface area contributed by atoms with E-state index in [1.165, 1.54) is 6.42 Å². The molecule has 0 spiro atoms. The number of hydrogen-bond acceptors (Lipinski definition) is 2. The van der Waals surface area contributed by atoms with Gasteiger partial charge in [-0.25, -0.2) is 0 Å². The van der Waals surface area contributed by atoms with E-state index in [1.54, 1.807) is 0 Å². The molecule has 1 saturated heterocycles. The van der Waals surface area contributed by atoms with Crippen LogP contribution in [0.2, 0.25) is 0 Å². The summed E-state index contributed by atoms with van der Waals surface area (Å²) in [4.78, 5) is 0. The van der Waals surface area contributed by atoms with Gasteiger partial charge in [-0.05, 0) is 38.0 Å². The minimum atomic E-state index is 0.0381. The van der Waals surface area contributed by atoms with Crippen LogP contribution in [0.3, 0.4) is 0 Å². The van der Waals surface area contributed by atoms with E-state index in [0.29, 0.717) is 6.10 Å². The van der Waals surface area contributed by atoms with Gasteiger partial charge in [0.05, 0.1) is 12.7 Å². The van der Waals surface area contributed by atoms with Crippen LogP contribution in [0.1, 0.15) is 52.9 Å². The van der Waals surface area contributed by atoms with E-state index in [9.17, 15) is 0 Å². The molecule has 0 aromatic rings. The van der Waals surface area contributed by atoms with Crippen molar-refractivity contribution in [2.45, 2.75) is 65.3 Å². The van der Waals surface area contributed by atoms with Gasteiger partial charge in [-0.1, -0.05) is 32.9 Å². The first-order valence-corrected chi connectivity index (χ1v) is 6.64. The van der Waals surface area contributed by atoms with Crippen LogP contribution in [0.25, 0.3) is 0 Å². The molecule has 0 saturated carbocycles. The normalized spacial score (nSPS) is 26.8. The van der Waals surface area contributed by atoms with Crippen molar-refractivity contribution < 1.29 is 9.47 Å². The highest BCUT2D eigenvalue weighted by molar-refractivity contribution is 4.84. The Hall–Kier alpha value is -0.340. The lowest BCUT2D eigenvalue weighted by Gasteiger charge is -2.30. The minimum Gasteiger partial charge on any atom is -0.353 e. The molecule has 1 fully saturated rings. The fourth-order valence-electron chi connectivity index (χ4n) is 1.86. The molecule has 1 heterocycles. The molecular weight excluding hydrogens is 200 g/mol. The summed E-state index contributed by atoms with van der Waals surface area (Å²) >= 11 is 0. The summed E-state index contributed by atoms with van der Waals surface area (Å²) in [5, 5.41) is 0. The summed E-state index contributed by atoms with van der Waals surface area (Å²) in [6, 6.07) is 0. The van der Waals surface area contributed by atoms with Gasteiger partial charge >= 0.3 is 0 Å². The molecule has 0 aliphatic carbocycles. The predicted octanol–water partition coefficient (Wildman–Crippen LogP) is 3.91. The maximum absolute atomic E-state index is 5.91. The molecule has 1 rings (SSSR count). The van der Waals surface area contributed by atoms with Gasteiger partial charge in [0.25, 0.3) is 0 Å². The lowest BCUT2D eigenvalue weighted by Crippen LogP contribution is -2.32. The molecule has 16 heavy (non-hydrogen) atoms. The van der Waals surface area contributed by atoms with E-state index in [2.05, 4.69) is 32.9 Å². The quantitative estimate of drug-likeness (QED) is 0.639. The van der Waals surface area contributed by atoms with Crippen LogP contribution in [0.4, 0.5) is 0 Å². The maximum atomic E-state index is 5.91. The van der Waals surface area contributed by atoms with Gasteiger partial charge in [0.1, 0.15) is 0 Å². The van der Waals surface area contributed by atoms with Gasteiger partial charge in [0.2, 0.25) is 0 Å². The summed E-state index contributed by atoms with van der Waals surface area (Å²) in [5.74, 6) is 0.729. The first-order chi connectivity index (χ1) is 7.72. The van der Waals surface area contributed by atoms with Crippen LogP contribution >= 0.6 is 0 Å². The molecule has 1 aliphatic heterocycles. The standard InChI is InChI=1S/C14H26O2/c1-4-5-6-7-13-10-11-15-14(16-13)9-8-12(2)3/h5-6,12-14H,4,7-11H2,1-3H3/b6-5+/t13-,14-/m1/s1. The number of rotatable bonds is 6. The van der Waals surface area contributed by atoms with E-state index < -0.39 is 0 Å². The topological polar surface area (TPSA) is 18.5 Å². The summed E-state index contributed by atoms with van der Waals surface area (Å²) in [7, 11) is 0. The number of ether oxygens (including phenoxy) is 2. The fraction of sp³-hybridized carbons (Fsp3) is 0.857. The Bertz CT molecular complexity index is 199. The SMILES string of the molecule is CC/C=C/C[C@@H]1CCO[C@@H](CCC(C)C)O1. The van der Waals surface area contributed by atoms with Crippen molar-refractivity contribution in [3.63, 3.8) is 0 Å². The molecule has 0 aromatic carbocycles. The third kappa shape index (κ3) is 5.66. The third-order valence-electron chi connectivity index (χ3n) is 2.87. The molecule has 94 valence electrons. The molecule has 0 N–H and O–H groups in total. The highest BCUT2D eigenvalue weighted by atomic mass is 16.7. The highest BCUT2D eigenvalue weighted by Gasteiger charge is 2.21. The van der Waals surface area contributed by atoms with Crippen molar-refractivity contribution in [1.82, 2.24) is 0 Å². The van der Waals surface area contributed by atoms with Crippen LogP contribution in [0, 0.1) is 5.92 Å². The van der Waals surface area contributed by atoms with Gasteiger partial charge in [-0.15, -0.1) is 0 Å².